The molecule has 2 unspecified atom stereocenters. The highest BCUT2D eigenvalue weighted by molar-refractivity contribution is 5.76. The van der Waals surface area contributed by atoms with Crippen molar-refractivity contribution in [1.29, 1.82) is 0 Å². The summed E-state index contributed by atoms with van der Waals surface area (Å²) < 4.78 is 9.80. The van der Waals surface area contributed by atoms with Crippen molar-refractivity contribution in [3.63, 3.8) is 0 Å². The first-order chi connectivity index (χ1) is 8.60. The van der Waals surface area contributed by atoms with Gasteiger partial charge in [-0.1, -0.05) is 13.3 Å². The fourth-order valence-electron chi connectivity index (χ4n) is 2.32. The van der Waals surface area contributed by atoms with Crippen LogP contribution in [0.5, 0.6) is 0 Å². The highest BCUT2D eigenvalue weighted by atomic mass is 16.5. The minimum absolute atomic E-state index is 0.202. The second-order valence-corrected chi connectivity index (χ2v) is 4.68. The maximum absolute atomic E-state index is 11.7. The first-order valence-electron chi connectivity index (χ1n) is 6.58. The molecule has 5 nitrogen and oxygen atoms in total. The zero-order valence-electron chi connectivity index (χ0n) is 11.5. The monoisotopic (exact) mass is 257 g/mol. The van der Waals surface area contributed by atoms with Crippen molar-refractivity contribution in [1.82, 2.24) is 4.90 Å². The zero-order chi connectivity index (χ0) is 13.5. The number of methoxy groups -OCH3 is 1. The Bertz CT molecular complexity index is 293. The molecule has 0 amide bonds. The molecule has 1 heterocycles. The van der Waals surface area contributed by atoms with Crippen LogP contribution in [0.15, 0.2) is 0 Å². The molecule has 1 saturated heterocycles. The number of esters is 2. The Morgan fingerprint density at radius 3 is 2.72 bits per heavy atom. The molecule has 0 aromatic heterocycles. The summed E-state index contributed by atoms with van der Waals surface area (Å²) in [6.45, 7) is 5.41. The van der Waals surface area contributed by atoms with E-state index in [2.05, 4.69) is 0 Å². The molecule has 18 heavy (non-hydrogen) atoms. The molecular weight excluding hydrogens is 234 g/mol. The third kappa shape index (κ3) is 3.98. The van der Waals surface area contributed by atoms with Crippen LogP contribution < -0.4 is 0 Å². The maximum atomic E-state index is 11.7. The normalized spacial score (nSPS) is 22.3. The zero-order valence-corrected chi connectivity index (χ0v) is 11.5. The van der Waals surface area contributed by atoms with Gasteiger partial charge >= 0.3 is 11.9 Å². The first kappa shape index (κ1) is 15.0. The van der Waals surface area contributed by atoms with Crippen LogP contribution in [0.3, 0.4) is 0 Å². The second kappa shape index (κ2) is 7.36. The molecule has 1 fully saturated rings. The van der Waals surface area contributed by atoms with Crippen molar-refractivity contribution < 1.29 is 19.1 Å². The number of hydrogen-bond acceptors (Lipinski definition) is 5. The van der Waals surface area contributed by atoms with E-state index in [9.17, 15) is 9.59 Å². The van der Waals surface area contributed by atoms with Crippen LogP contribution in [0.25, 0.3) is 0 Å². The topological polar surface area (TPSA) is 55.8 Å². The molecular formula is C13H23NO4. The maximum Gasteiger partial charge on any atom is 0.323 e. The van der Waals surface area contributed by atoms with Crippen LogP contribution in [0.2, 0.25) is 0 Å². The van der Waals surface area contributed by atoms with Gasteiger partial charge in [0.25, 0.3) is 0 Å². The molecule has 0 bridgehead atoms. The SMILES string of the molecule is CCOC(=O)C(C)CN1CCCCC1C(=O)OC. The predicted octanol–water partition coefficient (Wildman–Crippen LogP) is 1.21. The van der Waals surface area contributed by atoms with Crippen molar-refractivity contribution in [2.24, 2.45) is 5.92 Å². The number of ether oxygens (including phenoxy) is 2. The van der Waals surface area contributed by atoms with Crippen LogP contribution in [0.4, 0.5) is 0 Å². The Kier molecular flexibility index (Phi) is 6.12. The van der Waals surface area contributed by atoms with Gasteiger partial charge in [0.2, 0.25) is 0 Å². The number of carbonyl (C=O) groups is 2. The fourth-order valence-corrected chi connectivity index (χ4v) is 2.32. The smallest absolute Gasteiger partial charge is 0.323 e. The summed E-state index contributed by atoms with van der Waals surface area (Å²) in [7, 11) is 1.41. The van der Waals surface area contributed by atoms with Crippen LogP contribution in [0.1, 0.15) is 33.1 Å². The lowest BCUT2D eigenvalue weighted by Gasteiger charge is -2.34. The number of carbonyl (C=O) groups excluding carboxylic acids is 2. The van der Waals surface area contributed by atoms with Gasteiger partial charge in [0, 0.05) is 6.54 Å². The number of likely N-dealkylation sites (tertiary alicyclic amines) is 1. The van der Waals surface area contributed by atoms with E-state index >= 15 is 0 Å². The number of hydrogen-bond donors (Lipinski definition) is 0. The number of rotatable bonds is 5. The van der Waals surface area contributed by atoms with Crippen molar-refractivity contribution >= 4 is 11.9 Å². The molecule has 1 rings (SSSR count). The standard InChI is InChI=1S/C13H23NO4/c1-4-18-12(15)10(2)9-14-8-6-5-7-11(14)13(16)17-3/h10-11H,4-9H2,1-3H3. The Morgan fingerprint density at radius 2 is 2.11 bits per heavy atom. The molecule has 0 N–H and O–H groups in total. The van der Waals surface area contributed by atoms with E-state index in [4.69, 9.17) is 9.47 Å². The van der Waals surface area contributed by atoms with E-state index in [0.29, 0.717) is 13.2 Å². The fraction of sp³-hybridized carbons (Fsp3) is 0.846. The molecule has 0 aromatic carbocycles. The number of piperidine rings is 1. The van der Waals surface area contributed by atoms with Gasteiger partial charge in [-0.05, 0) is 26.3 Å². The Labute approximate surface area is 108 Å². The summed E-state index contributed by atoms with van der Waals surface area (Å²) in [5, 5.41) is 0. The molecule has 2 atom stereocenters. The van der Waals surface area contributed by atoms with Crippen molar-refractivity contribution in [2.75, 3.05) is 26.8 Å². The molecule has 0 spiro atoms. The van der Waals surface area contributed by atoms with Crippen molar-refractivity contribution in [3.05, 3.63) is 0 Å². The van der Waals surface area contributed by atoms with E-state index in [-0.39, 0.29) is 23.9 Å². The van der Waals surface area contributed by atoms with Crippen LogP contribution in [0, 0.1) is 5.92 Å². The summed E-state index contributed by atoms with van der Waals surface area (Å²) in [5.74, 6) is -0.618. The average Bonchev–Trinajstić information content (AvgIpc) is 2.38. The number of nitrogens with zero attached hydrogens (tertiary/aromatic N) is 1. The summed E-state index contributed by atoms with van der Waals surface area (Å²) in [5.41, 5.74) is 0. The third-order valence-electron chi connectivity index (χ3n) is 3.28. The Morgan fingerprint density at radius 1 is 1.39 bits per heavy atom. The molecule has 0 radical (unpaired) electrons. The summed E-state index contributed by atoms with van der Waals surface area (Å²) in [4.78, 5) is 25.3. The van der Waals surface area contributed by atoms with E-state index in [1.165, 1.54) is 7.11 Å². The molecule has 1 aliphatic heterocycles. The molecule has 5 heteroatoms. The highest BCUT2D eigenvalue weighted by Crippen LogP contribution is 2.19. The lowest BCUT2D eigenvalue weighted by molar-refractivity contribution is -0.153. The minimum Gasteiger partial charge on any atom is -0.468 e. The van der Waals surface area contributed by atoms with Gasteiger partial charge in [-0.25, -0.2) is 0 Å². The molecule has 104 valence electrons. The van der Waals surface area contributed by atoms with E-state index in [0.717, 1.165) is 25.8 Å². The quantitative estimate of drug-likeness (QED) is 0.693. The van der Waals surface area contributed by atoms with Crippen LogP contribution in [-0.4, -0.2) is 49.7 Å². The van der Waals surface area contributed by atoms with Crippen LogP contribution >= 0.6 is 0 Å². The van der Waals surface area contributed by atoms with Gasteiger partial charge in [-0.3, -0.25) is 14.5 Å². The van der Waals surface area contributed by atoms with Gasteiger partial charge in [0.1, 0.15) is 6.04 Å². The highest BCUT2D eigenvalue weighted by Gasteiger charge is 2.31. The first-order valence-corrected chi connectivity index (χ1v) is 6.58. The minimum atomic E-state index is -0.213. The summed E-state index contributed by atoms with van der Waals surface area (Å²) in [6.07, 6.45) is 2.90. The van der Waals surface area contributed by atoms with E-state index in [1.54, 1.807) is 6.92 Å². The van der Waals surface area contributed by atoms with Crippen molar-refractivity contribution in [2.45, 2.75) is 39.2 Å². The summed E-state index contributed by atoms with van der Waals surface area (Å²) in [6, 6.07) is -0.208. The van der Waals surface area contributed by atoms with Gasteiger partial charge in [0.15, 0.2) is 0 Å². The van der Waals surface area contributed by atoms with Crippen LogP contribution in [-0.2, 0) is 19.1 Å². The lowest BCUT2D eigenvalue weighted by atomic mass is 10.0. The molecule has 0 saturated carbocycles. The van der Waals surface area contributed by atoms with Crippen molar-refractivity contribution in [3.8, 4) is 0 Å². The molecule has 0 aromatic rings. The van der Waals surface area contributed by atoms with Gasteiger partial charge < -0.3 is 9.47 Å². The Balaban J connectivity index is 2.56. The van der Waals surface area contributed by atoms with Gasteiger partial charge in [0.05, 0.1) is 19.6 Å². The second-order valence-electron chi connectivity index (χ2n) is 4.68. The van der Waals surface area contributed by atoms with E-state index in [1.807, 2.05) is 11.8 Å². The summed E-state index contributed by atoms with van der Waals surface area (Å²) >= 11 is 0. The third-order valence-corrected chi connectivity index (χ3v) is 3.28. The van der Waals surface area contributed by atoms with Gasteiger partial charge in [-0.2, -0.15) is 0 Å². The van der Waals surface area contributed by atoms with Gasteiger partial charge in [-0.15, -0.1) is 0 Å². The molecule has 1 aliphatic rings. The average molecular weight is 257 g/mol. The largest absolute Gasteiger partial charge is 0.468 e. The predicted molar refractivity (Wildman–Crippen MR) is 67.0 cm³/mol. The lowest BCUT2D eigenvalue weighted by Crippen LogP contribution is -2.47. The Hall–Kier alpha value is -1.10. The van der Waals surface area contributed by atoms with E-state index < -0.39 is 0 Å². The molecule has 0 aliphatic carbocycles.